The molecule has 25 heavy (non-hydrogen) atoms. The molecule has 2 heterocycles. The second-order valence-electron chi connectivity index (χ2n) is 7.49. The first-order chi connectivity index (χ1) is 11.8. The van der Waals surface area contributed by atoms with E-state index in [0.717, 1.165) is 29.8 Å². The number of nitrogens with zero attached hydrogens (tertiary/aromatic N) is 4. The van der Waals surface area contributed by atoms with Crippen molar-refractivity contribution in [2.24, 2.45) is 0 Å². The van der Waals surface area contributed by atoms with Gasteiger partial charge in [-0.2, -0.15) is 0 Å². The highest BCUT2D eigenvalue weighted by molar-refractivity contribution is 5.87. The molecule has 1 aliphatic heterocycles. The number of nitrogens with one attached hydrogen (secondary N) is 1. The molecule has 0 radical (unpaired) electrons. The second-order valence-corrected chi connectivity index (χ2v) is 7.49. The summed E-state index contributed by atoms with van der Waals surface area (Å²) in [6.45, 7) is 9.61. The molecule has 7 heteroatoms. The van der Waals surface area contributed by atoms with Crippen LogP contribution in [0.25, 0.3) is 10.9 Å². The summed E-state index contributed by atoms with van der Waals surface area (Å²) in [6, 6.07) is 7.76. The van der Waals surface area contributed by atoms with Crippen molar-refractivity contribution in [3.8, 4) is 0 Å². The lowest BCUT2D eigenvalue weighted by Gasteiger charge is -2.36. The number of aromatic nitrogens is 2. The van der Waals surface area contributed by atoms with Crippen LogP contribution < -0.4 is 11.1 Å². The number of carbonyl (C=O) groups is 1. The number of para-hydroxylation sites is 1. The highest BCUT2D eigenvalue weighted by Gasteiger charge is 2.24. The van der Waals surface area contributed by atoms with Crippen LogP contribution in [0.4, 0.5) is 10.6 Å². The quantitative estimate of drug-likeness (QED) is 0.869. The van der Waals surface area contributed by atoms with Crippen molar-refractivity contribution in [1.82, 2.24) is 25.1 Å². The first-order valence-corrected chi connectivity index (χ1v) is 8.62. The normalized spacial score (nSPS) is 16.2. The minimum atomic E-state index is -0.218. The highest BCUT2D eigenvalue weighted by Crippen LogP contribution is 2.18. The first kappa shape index (κ1) is 17.4. The van der Waals surface area contributed by atoms with Gasteiger partial charge in [0, 0.05) is 37.1 Å². The molecule has 1 aromatic carbocycles. The highest BCUT2D eigenvalue weighted by atomic mass is 16.2. The van der Waals surface area contributed by atoms with Gasteiger partial charge in [0.05, 0.1) is 12.1 Å². The maximum absolute atomic E-state index is 12.2. The largest absolute Gasteiger partial charge is 0.383 e. The number of amides is 2. The topological polar surface area (TPSA) is 87.4 Å². The van der Waals surface area contributed by atoms with Gasteiger partial charge in [-0.25, -0.2) is 14.8 Å². The van der Waals surface area contributed by atoms with E-state index in [9.17, 15) is 4.79 Å². The summed E-state index contributed by atoms with van der Waals surface area (Å²) in [6.07, 6.45) is 0. The van der Waals surface area contributed by atoms with Gasteiger partial charge in [-0.1, -0.05) is 12.1 Å². The summed E-state index contributed by atoms with van der Waals surface area (Å²) in [5.74, 6) is 1.24. The summed E-state index contributed by atoms with van der Waals surface area (Å²) in [7, 11) is 0. The molecule has 1 aliphatic rings. The van der Waals surface area contributed by atoms with Gasteiger partial charge in [0.2, 0.25) is 0 Å². The Morgan fingerprint density at radius 3 is 2.52 bits per heavy atom. The number of benzene rings is 1. The van der Waals surface area contributed by atoms with Crippen LogP contribution in [-0.2, 0) is 6.54 Å². The van der Waals surface area contributed by atoms with Crippen LogP contribution in [-0.4, -0.2) is 57.5 Å². The Kier molecular flexibility index (Phi) is 4.76. The minimum absolute atomic E-state index is 0.00153. The Morgan fingerprint density at radius 2 is 1.84 bits per heavy atom. The average Bonchev–Trinajstić information content (AvgIpc) is 2.54. The fourth-order valence-corrected chi connectivity index (χ4v) is 2.93. The summed E-state index contributed by atoms with van der Waals surface area (Å²) < 4.78 is 0. The molecule has 0 saturated carbocycles. The Morgan fingerprint density at radius 1 is 1.16 bits per heavy atom. The van der Waals surface area contributed by atoms with E-state index < -0.39 is 0 Å². The van der Waals surface area contributed by atoms with Crippen molar-refractivity contribution in [3.05, 3.63) is 30.1 Å². The lowest BCUT2D eigenvalue weighted by Crippen LogP contribution is -2.54. The molecule has 0 aliphatic carbocycles. The number of nitrogen functional groups attached to an aromatic ring is 1. The van der Waals surface area contributed by atoms with Crippen molar-refractivity contribution in [2.45, 2.75) is 32.9 Å². The van der Waals surface area contributed by atoms with Gasteiger partial charge >= 0.3 is 6.03 Å². The van der Waals surface area contributed by atoms with Gasteiger partial charge in [0.25, 0.3) is 0 Å². The van der Waals surface area contributed by atoms with Crippen molar-refractivity contribution >= 4 is 22.8 Å². The Labute approximate surface area is 148 Å². The fourth-order valence-electron chi connectivity index (χ4n) is 2.93. The van der Waals surface area contributed by atoms with Gasteiger partial charge in [-0.15, -0.1) is 0 Å². The van der Waals surface area contributed by atoms with Crippen LogP contribution >= 0.6 is 0 Å². The third-order valence-corrected chi connectivity index (χ3v) is 4.19. The molecular weight excluding hydrogens is 316 g/mol. The lowest BCUT2D eigenvalue weighted by molar-refractivity contribution is 0.129. The van der Waals surface area contributed by atoms with Gasteiger partial charge < -0.3 is 16.0 Å². The van der Waals surface area contributed by atoms with Crippen molar-refractivity contribution in [3.63, 3.8) is 0 Å². The predicted molar refractivity (Wildman–Crippen MR) is 99.1 cm³/mol. The number of anilines is 1. The summed E-state index contributed by atoms with van der Waals surface area (Å²) in [4.78, 5) is 25.4. The number of piperazine rings is 1. The fraction of sp³-hybridized carbons (Fsp3) is 0.500. The zero-order valence-corrected chi connectivity index (χ0v) is 15.1. The Balaban J connectivity index is 1.60. The zero-order chi connectivity index (χ0) is 18.0. The standard InChI is InChI=1S/C18H26N6O/c1-18(2,3)22-17(25)24-10-8-23(9-11-24)12-15-20-14-7-5-4-6-13(14)16(19)21-15/h4-7H,8-12H2,1-3H3,(H,22,25)(H2,19,20,21). The molecule has 2 aromatic rings. The molecule has 1 saturated heterocycles. The van der Waals surface area contributed by atoms with Crippen LogP contribution in [0.2, 0.25) is 0 Å². The van der Waals surface area contributed by atoms with E-state index in [1.807, 2.05) is 49.9 Å². The number of hydrogen-bond donors (Lipinski definition) is 2. The monoisotopic (exact) mass is 342 g/mol. The number of rotatable bonds is 2. The molecular formula is C18H26N6O. The summed E-state index contributed by atoms with van der Waals surface area (Å²) in [5, 5.41) is 3.89. The molecule has 2 amide bonds. The van der Waals surface area contributed by atoms with E-state index in [-0.39, 0.29) is 11.6 Å². The predicted octanol–water partition coefficient (Wildman–Crippen LogP) is 1.84. The number of carbonyl (C=O) groups excluding carboxylic acids is 1. The lowest BCUT2D eigenvalue weighted by atomic mass is 10.1. The summed E-state index contributed by atoms with van der Waals surface area (Å²) >= 11 is 0. The molecule has 0 bridgehead atoms. The minimum Gasteiger partial charge on any atom is -0.383 e. The molecule has 134 valence electrons. The maximum Gasteiger partial charge on any atom is 0.317 e. The third-order valence-electron chi connectivity index (χ3n) is 4.19. The second kappa shape index (κ2) is 6.84. The van der Waals surface area contributed by atoms with Crippen molar-refractivity contribution in [1.29, 1.82) is 0 Å². The molecule has 1 fully saturated rings. The Bertz CT molecular complexity index is 762. The van der Waals surface area contributed by atoms with E-state index in [1.54, 1.807) is 0 Å². The SMILES string of the molecule is CC(C)(C)NC(=O)N1CCN(Cc2nc(N)c3ccccc3n2)CC1. The maximum atomic E-state index is 12.2. The van der Waals surface area contributed by atoms with E-state index in [1.165, 1.54) is 0 Å². The number of nitrogens with two attached hydrogens (primary N) is 1. The molecule has 1 aromatic heterocycles. The molecule has 7 nitrogen and oxygen atoms in total. The summed E-state index contributed by atoms with van der Waals surface area (Å²) in [5.41, 5.74) is 6.70. The van der Waals surface area contributed by atoms with Crippen LogP contribution in [0.3, 0.4) is 0 Å². The third kappa shape index (κ3) is 4.36. The molecule has 3 rings (SSSR count). The van der Waals surface area contributed by atoms with Crippen molar-refractivity contribution in [2.75, 3.05) is 31.9 Å². The number of hydrogen-bond acceptors (Lipinski definition) is 5. The van der Waals surface area contributed by atoms with Crippen LogP contribution in [0.1, 0.15) is 26.6 Å². The molecule has 0 spiro atoms. The van der Waals surface area contributed by atoms with Gasteiger partial charge in [0.15, 0.2) is 0 Å². The average molecular weight is 342 g/mol. The first-order valence-electron chi connectivity index (χ1n) is 8.62. The molecule has 0 atom stereocenters. The van der Waals surface area contributed by atoms with E-state index >= 15 is 0 Å². The van der Waals surface area contributed by atoms with E-state index in [2.05, 4.69) is 20.2 Å². The Hall–Kier alpha value is -2.41. The number of fused-ring (bicyclic) bond motifs is 1. The molecule has 3 N–H and O–H groups in total. The smallest absolute Gasteiger partial charge is 0.317 e. The van der Waals surface area contributed by atoms with Crippen LogP contribution in [0, 0.1) is 0 Å². The zero-order valence-electron chi connectivity index (χ0n) is 15.1. The van der Waals surface area contributed by atoms with Gasteiger partial charge in [0.1, 0.15) is 11.6 Å². The van der Waals surface area contributed by atoms with E-state index in [0.29, 0.717) is 25.5 Å². The van der Waals surface area contributed by atoms with Gasteiger partial charge in [-0.3, -0.25) is 4.90 Å². The van der Waals surface area contributed by atoms with E-state index in [4.69, 9.17) is 5.73 Å². The van der Waals surface area contributed by atoms with Gasteiger partial charge in [-0.05, 0) is 32.9 Å². The van der Waals surface area contributed by atoms with Crippen LogP contribution in [0.15, 0.2) is 24.3 Å². The molecule has 0 unspecified atom stereocenters. The van der Waals surface area contributed by atoms with Crippen LogP contribution in [0.5, 0.6) is 0 Å². The number of urea groups is 1. The van der Waals surface area contributed by atoms with Crippen molar-refractivity contribution < 1.29 is 4.79 Å².